The zero-order chi connectivity index (χ0) is 17.3. The molecule has 2 atom stereocenters. The summed E-state index contributed by atoms with van der Waals surface area (Å²) in [6.07, 6.45) is -0.915. The van der Waals surface area contributed by atoms with Crippen LogP contribution >= 0.6 is 0 Å². The molecule has 0 unspecified atom stereocenters. The Kier molecular flexibility index (Phi) is 4.11. The van der Waals surface area contributed by atoms with Gasteiger partial charge in [0.25, 0.3) is 5.91 Å². The number of hydrogen-bond acceptors (Lipinski definition) is 3. The molecule has 1 aliphatic heterocycles. The summed E-state index contributed by atoms with van der Waals surface area (Å²) in [5, 5.41) is 13.1. The van der Waals surface area contributed by atoms with Crippen molar-refractivity contribution in [1.82, 2.24) is 10.2 Å². The van der Waals surface area contributed by atoms with Crippen molar-refractivity contribution in [3.05, 3.63) is 71.3 Å². The van der Waals surface area contributed by atoms with Crippen molar-refractivity contribution in [1.29, 1.82) is 0 Å². The summed E-state index contributed by atoms with van der Waals surface area (Å²) in [5.74, 6) is -0.355. The SMILES string of the molecule is Cc1ccc([C@@]2(C)NC(=O)N(C[C@@H](O)c3ccccc3)C2=O)cc1. The number of carbonyl (C=O) groups is 2. The number of β-amino-alcohol motifs (C(OH)–C–C–N with tert-alkyl or cyclic N) is 1. The van der Waals surface area contributed by atoms with Gasteiger partial charge < -0.3 is 10.4 Å². The Balaban J connectivity index is 1.82. The van der Waals surface area contributed by atoms with Gasteiger partial charge in [-0.2, -0.15) is 0 Å². The summed E-state index contributed by atoms with van der Waals surface area (Å²) in [6, 6.07) is 16.0. The molecule has 2 aromatic rings. The van der Waals surface area contributed by atoms with Crippen LogP contribution in [0.2, 0.25) is 0 Å². The molecule has 1 heterocycles. The molecule has 0 bridgehead atoms. The van der Waals surface area contributed by atoms with E-state index in [4.69, 9.17) is 0 Å². The quantitative estimate of drug-likeness (QED) is 0.849. The number of rotatable bonds is 4. The van der Waals surface area contributed by atoms with Crippen molar-refractivity contribution in [2.24, 2.45) is 0 Å². The molecule has 2 N–H and O–H groups in total. The van der Waals surface area contributed by atoms with E-state index in [-0.39, 0.29) is 12.5 Å². The topological polar surface area (TPSA) is 69.6 Å². The molecule has 0 aromatic heterocycles. The minimum atomic E-state index is -1.11. The van der Waals surface area contributed by atoms with Gasteiger partial charge in [-0.1, -0.05) is 60.2 Å². The van der Waals surface area contributed by atoms with E-state index >= 15 is 0 Å². The molecule has 24 heavy (non-hydrogen) atoms. The van der Waals surface area contributed by atoms with Gasteiger partial charge in [0.05, 0.1) is 12.6 Å². The number of nitrogens with zero attached hydrogens (tertiary/aromatic N) is 1. The molecular formula is C19H20N2O3. The Labute approximate surface area is 140 Å². The van der Waals surface area contributed by atoms with Crippen molar-refractivity contribution >= 4 is 11.9 Å². The lowest BCUT2D eigenvalue weighted by Gasteiger charge is -2.23. The maximum Gasteiger partial charge on any atom is 0.325 e. The number of nitrogens with one attached hydrogen (secondary N) is 1. The minimum absolute atomic E-state index is 0.0733. The average molecular weight is 324 g/mol. The second-order valence-electron chi connectivity index (χ2n) is 6.26. The van der Waals surface area contributed by atoms with E-state index in [1.54, 1.807) is 31.2 Å². The van der Waals surface area contributed by atoms with Crippen molar-refractivity contribution in [3.8, 4) is 0 Å². The normalized spacial score (nSPS) is 21.7. The predicted molar refractivity (Wildman–Crippen MR) is 90.2 cm³/mol. The molecule has 2 aromatic carbocycles. The number of aryl methyl sites for hydroxylation is 1. The zero-order valence-electron chi connectivity index (χ0n) is 13.7. The summed E-state index contributed by atoms with van der Waals surface area (Å²) < 4.78 is 0. The fraction of sp³-hybridized carbons (Fsp3) is 0.263. The first kappa shape index (κ1) is 16.2. The summed E-state index contributed by atoms with van der Waals surface area (Å²) in [6.45, 7) is 3.58. The molecule has 1 saturated heterocycles. The Morgan fingerprint density at radius 1 is 1.08 bits per heavy atom. The Hall–Kier alpha value is -2.66. The lowest BCUT2D eigenvalue weighted by Crippen LogP contribution is -2.41. The van der Waals surface area contributed by atoms with Crippen LogP contribution in [0.5, 0.6) is 0 Å². The first-order valence-electron chi connectivity index (χ1n) is 7.86. The van der Waals surface area contributed by atoms with Gasteiger partial charge in [-0.25, -0.2) is 4.79 Å². The van der Waals surface area contributed by atoms with Crippen LogP contribution in [0.15, 0.2) is 54.6 Å². The number of amides is 3. The largest absolute Gasteiger partial charge is 0.387 e. The highest BCUT2D eigenvalue weighted by atomic mass is 16.3. The van der Waals surface area contributed by atoms with Gasteiger partial charge in [-0.3, -0.25) is 9.69 Å². The number of urea groups is 1. The lowest BCUT2D eigenvalue weighted by atomic mass is 9.91. The molecule has 5 heteroatoms. The van der Waals surface area contributed by atoms with Crippen LogP contribution in [-0.2, 0) is 10.3 Å². The Morgan fingerprint density at radius 3 is 2.33 bits per heavy atom. The molecule has 3 amide bonds. The van der Waals surface area contributed by atoms with Crippen LogP contribution in [0.4, 0.5) is 4.79 Å². The second kappa shape index (κ2) is 6.09. The van der Waals surface area contributed by atoms with Crippen LogP contribution in [0.3, 0.4) is 0 Å². The smallest absolute Gasteiger partial charge is 0.325 e. The maximum absolute atomic E-state index is 12.8. The summed E-state index contributed by atoms with van der Waals surface area (Å²) in [7, 11) is 0. The van der Waals surface area contributed by atoms with Crippen molar-refractivity contribution < 1.29 is 14.7 Å². The molecule has 0 saturated carbocycles. The predicted octanol–water partition coefficient (Wildman–Crippen LogP) is 2.50. The number of aliphatic hydroxyl groups is 1. The minimum Gasteiger partial charge on any atom is -0.387 e. The second-order valence-corrected chi connectivity index (χ2v) is 6.26. The molecule has 0 aliphatic carbocycles. The number of carbonyl (C=O) groups excluding carboxylic acids is 2. The molecule has 5 nitrogen and oxygen atoms in total. The monoisotopic (exact) mass is 324 g/mol. The summed E-state index contributed by atoms with van der Waals surface area (Å²) in [5.41, 5.74) is 1.36. The van der Waals surface area contributed by atoms with Gasteiger partial charge in [0, 0.05) is 0 Å². The van der Waals surface area contributed by atoms with Crippen LogP contribution in [0, 0.1) is 6.92 Å². The van der Waals surface area contributed by atoms with Crippen LogP contribution in [-0.4, -0.2) is 28.5 Å². The Bertz CT molecular complexity index is 758. The van der Waals surface area contributed by atoms with Crippen LogP contribution in [0.1, 0.15) is 29.7 Å². The standard InChI is InChI=1S/C19H20N2O3/c1-13-8-10-15(11-9-13)19(2)17(23)21(18(24)20-19)12-16(22)14-6-4-3-5-7-14/h3-11,16,22H,12H2,1-2H3,(H,20,24)/t16-,19-/m1/s1. The third kappa shape index (κ3) is 2.78. The number of imide groups is 1. The fourth-order valence-corrected chi connectivity index (χ4v) is 2.90. The molecular weight excluding hydrogens is 304 g/mol. The van der Waals surface area contributed by atoms with E-state index in [1.165, 1.54) is 0 Å². The van der Waals surface area contributed by atoms with E-state index in [2.05, 4.69) is 5.32 Å². The van der Waals surface area contributed by atoms with Gasteiger partial charge in [0.2, 0.25) is 0 Å². The lowest BCUT2D eigenvalue weighted by molar-refractivity contribution is -0.132. The highest BCUT2D eigenvalue weighted by Gasteiger charge is 2.49. The van der Waals surface area contributed by atoms with Gasteiger partial charge in [-0.05, 0) is 25.0 Å². The number of benzene rings is 2. The molecule has 0 radical (unpaired) electrons. The number of aliphatic hydroxyl groups excluding tert-OH is 1. The van der Waals surface area contributed by atoms with Crippen molar-refractivity contribution in [3.63, 3.8) is 0 Å². The van der Waals surface area contributed by atoms with Gasteiger partial charge in [-0.15, -0.1) is 0 Å². The van der Waals surface area contributed by atoms with Crippen molar-refractivity contribution in [2.75, 3.05) is 6.54 Å². The molecule has 124 valence electrons. The third-order valence-electron chi connectivity index (χ3n) is 4.44. The zero-order valence-corrected chi connectivity index (χ0v) is 13.7. The highest BCUT2D eigenvalue weighted by Crippen LogP contribution is 2.30. The van der Waals surface area contributed by atoms with Gasteiger partial charge in [0.15, 0.2) is 0 Å². The van der Waals surface area contributed by atoms with Crippen LogP contribution < -0.4 is 5.32 Å². The van der Waals surface area contributed by atoms with E-state index in [0.717, 1.165) is 16.0 Å². The fourth-order valence-electron chi connectivity index (χ4n) is 2.90. The third-order valence-corrected chi connectivity index (χ3v) is 4.44. The van der Waals surface area contributed by atoms with Crippen LogP contribution in [0.25, 0.3) is 0 Å². The first-order chi connectivity index (χ1) is 11.4. The van der Waals surface area contributed by atoms with E-state index in [1.807, 2.05) is 37.3 Å². The van der Waals surface area contributed by atoms with E-state index in [9.17, 15) is 14.7 Å². The molecule has 0 spiro atoms. The number of hydrogen-bond donors (Lipinski definition) is 2. The summed E-state index contributed by atoms with van der Waals surface area (Å²) >= 11 is 0. The van der Waals surface area contributed by atoms with E-state index < -0.39 is 17.7 Å². The molecule has 1 fully saturated rings. The summed E-state index contributed by atoms with van der Waals surface area (Å²) in [4.78, 5) is 26.2. The average Bonchev–Trinajstić information content (AvgIpc) is 2.80. The molecule has 1 aliphatic rings. The maximum atomic E-state index is 12.8. The van der Waals surface area contributed by atoms with E-state index in [0.29, 0.717) is 5.56 Å². The first-order valence-corrected chi connectivity index (χ1v) is 7.86. The molecule has 3 rings (SSSR count). The van der Waals surface area contributed by atoms with Gasteiger partial charge in [0.1, 0.15) is 5.54 Å². The highest BCUT2D eigenvalue weighted by molar-refractivity contribution is 6.07. The van der Waals surface area contributed by atoms with Crippen molar-refractivity contribution in [2.45, 2.75) is 25.5 Å². The van der Waals surface area contributed by atoms with Gasteiger partial charge >= 0.3 is 6.03 Å². The Morgan fingerprint density at radius 2 is 1.71 bits per heavy atom.